The molecule has 0 saturated heterocycles. The van der Waals surface area contributed by atoms with Gasteiger partial charge in [0.15, 0.2) is 5.16 Å². The molecule has 2 aromatic rings. The molecular formula is C14H12F3N5OS. The van der Waals surface area contributed by atoms with Crippen molar-refractivity contribution in [3.8, 4) is 6.07 Å². The van der Waals surface area contributed by atoms with Gasteiger partial charge >= 0.3 is 6.18 Å². The monoisotopic (exact) mass is 355 g/mol. The summed E-state index contributed by atoms with van der Waals surface area (Å²) in [6.45, 7) is 1.52. The van der Waals surface area contributed by atoms with Crippen molar-refractivity contribution in [3.05, 3.63) is 35.7 Å². The summed E-state index contributed by atoms with van der Waals surface area (Å²) < 4.78 is 38.8. The molecule has 0 fully saturated rings. The summed E-state index contributed by atoms with van der Waals surface area (Å²) in [6.07, 6.45) is -4.61. The number of hydrogen-bond acceptors (Lipinski definition) is 5. The Morgan fingerprint density at radius 1 is 1.38 bits per heavy atom. The molecule has 0 unspecified atom stereocenters. The Morgan fingerprint density at radius 2 is 2.04 bits per heavy atom. The number of thioether (sulfide) groups is 1. The Bertz CT molecular complexity index is 796. The summed E-state index contributed by atoms with van der Waals surface area (Å²) in [5.74, 6) is -1.59. The van der Waals surface area contributed by atoms with Crippen LogP contribution in [0.1, 0.15) is 18.3 Å². The number of nitriles is 1. The van der Waals surface area contributed by atoms with Crippen LogP contribution >= 0.6 is 11.8 Å². The van der Waals surface area contributed by atoms with Crippen LogP contribution in [0, 0.1) is 11.3 Å². The van der Waals surface area contributed by atoms with Crippen molar-refractivity contribution in [3.63, 3.8) is 0 Å². The van der Waals surface area contributed by atoms with E-state index in [1.54, 1.807) is 24.3 Å². The topological polar surface area (TPSA) is 83.6 Å². The maximum absolute atomic E-state index is 12.7. The average Bonchev–Trinajstić information content (AvgIpc) is 2.88. The highest BCUT2D eigenvalue weighted by atomic mass is 32.2. The molecule has 0 aliphatic heterocycles. The predicted molar refractivity (Wildman–Crippen MR) is 81.1 cm³/mol. The van der Waals surface area contributed by atoms with E-state index in [0.29, 0.717) is 11.3 Å². The van der Waals surface area contributed by atoms with E-state index in [4.69, 9.17) is 5.26 Å². The number of halogens is 3. The number of aromatic nitrogens is 3. The lowest BCUT2D eigenvalue weighted by Gasteiger charge is -2.12. The first-order valence-corrected chi connectivity index (χ1v) is 7.55. The quantitative estimate of drug-likeness (QED) is 0.853. The van der Waals surface area contributed by atoms with Crippen molar-refractivity contribution in [2.45, 2.75) is 23.5 Å². The number of nitrogens with one attached hydrogen (secondary N) is 1. The summed E-state index contributed by atoms with van der Waals surface area (Å²) in [5.41, 5.74) is 0.632. The van der Waals surface area contributed by atoms with Crippen molar-refractivity contribution in [1.82, 2.24) is 14.8 Å². The zero-order chi connectivity index (χ0) is 17.9. The summed E-state index contributed by atoms with van der Waals surface area (Å²) >= 11 is 0.842. The summed E-state index contributed by atoms with van der Waals surface area (Å²) in [4.78, 5) is 12.2. The summed E-state index contributed by atoms with van der Waals surface area (Å²) in [5, 5.41) is 17.4. The Hall–Kier alpha value is -2.54. The highest BCUT2D eigenvalue weighted by Crippen LogP contribution is 2.31. The number of carbonyl (C=O) groups is 1. The molecule has 0 saturated carbocycles. The molecule has 1 N–H and O–H groups in total. The maximum Gasteiger partial charge on any atom is 0.451 e. The standard InChI is InChI=1S/C14H12F3N5OS/c1-8(11(23)19-10-6-4-3-5-9(10)7-18)24-13-21-20-12(22(13)2)14(15,16)17/h3-6,8H,1-2H3,(H,19,23)/t8-/m1/s1. The molecule has 1 aromatic carbocycles. The van der Waals surface area contributed by atoms with Crippen LogP contribution in [0.5, 0.6) is 0 Å². The van der Waals surface area contributed by atoms with Gasteiger partial charge in [0.1, 0.15) is 6.07 Å². The average molecular weight is 355 g/mol. The van der Waals surface area contributed by atoms with Gasteiger partial charge in [0, 0.05) is 7.05 Å². The van der Waals surface area contributed by atoms with Crippen LogP contribution in [-0.4, -0.2) is 25.9 Å². The minimum absolute atomic E-state index is 0.0291. The van der Waals surface area contributed by atoms with Crippen molar-refractivity contribution >= 4 is 23.4 Å². The van der Waals surface area contributed by atoms with E-state index >= 15 is 0 Å². The van der Waals surface area contributed by atoms with Gasteiger partial charge in [0.05, 0.1) is 16.5 Å². The smallest absolute Gasteiger partial charge is 0.324 e. The van der Waals surface area contributed by atoms with Crippen molar-refractivity contribution in [2.24, 2.45) is 7.05 Å². The van der Waals surface area contributed by atoms with Gasteiger partial charge in [0.25, 0.3) is 0 Å². The van der Waals surface area contributed by atoms with Crippen molar-refractivity contribution < 1.29 is 18.0 Å². The molecule has 1 atom stereocenters. The molecular weight excluding hydrogens is 343 g/mol. The second kappa shape index (κ2) is 6.92. The van der Waals surface area contributed by atoms with Gasteiger partial charge in [-0.05, 0) is 19.1 Å². The van der Waals surface area contributed by atoms with Crippen LogP contribution < -0.4 is 5.32 Å². The second-order valence-corrected chi connectivity index (χ2v) is 6.08. The Kier molecular flexibility index (Phi) is 5.14. The van der Waals surface area contributed by atoms with Gasteiger partial charge in [-0.1, -0.05) is 23.9 Å². The van der Waals surface area contributed by atoms with Crippen LogP contribution in [0.25, 0.3) is 0 Å². The lowest BCUT2D eigenvalue weighted by Crippen LogP contribution is -2.23. The fourth-order valence-corrected chi connectivity index (χ4v) is 2.61. The van der Waals surface area contributed by atoms with Crippen LogP contribution in [0.4, 0.5) is 18.9 Å². The van der Waals surface area contributed by atoms with Crippen LogP contribution in [-0.2, 0) is 18.0 Å². The lowest BCUT2D eigenvalue weighted by atomic mass is 10.2. The molecule has 10 heteroatoms. The van der Waals surface area contributed by atoms with Gasteiger partial charge in [-0.3, -0.25) is 4.79 Å². The highest BCUT2D eigenvalue weighted by Gasteiger charge is 2.37. The van der Waals surface area contributed by atoms with Gasteiger partial charge in [0.2, 0.25) is 11.7 Å². The van der Waals surface area contributed by atoms with Crippen molar-refractivity contribution in [1.29, 1.82) is 5.26 Å². The first-order valence-electron chi connectivity index (χ1n) is 6.67. The normalized spacial score (nSPS) is 12.5. The fraction of sp³-hybridized carbons (Fsp3) is 0.286. The first-order chi connectivity index (χ1) is 11.2. The highest BCUT2D eigenvalue weighted by molar-refractivity contribution is 8.00. The number of alkyl halides is 3. The zero-order valence-electron chi connectivity index (χ0n) is 12.6. The Morgan fingerprint density at radius 3 is 2.62 bits per heavy atom. The van der Waals surface area contributed by atoms with E-state index in [1.807, 2.05) is 6.07 Å². The molecule has 126 valence electrons. The molecule has 0 bridgehead atoms. The number of para-hydroxylation sites is 1. The van der Waals surface area contributed by atoms with Crippen LogP contribution in [0.3, 0.4) is 0 Å². The van der Waals surface area contributed by atoms with Gasteiger partial charge in [-0.25, -0.2) is 0 Å². The van der Waals surface area contributed by atoms with E-state index in [0.717, 1.165) is 16.3 Å². The molecule has 6 nitrogen and oxygen atoms in total. The minimum atomic E-state index is -4.61. The first kappa shape index (κ1) is 17.8. The summed E-state index contributed by atoms with van der Waals surface area (Å²) in [6, 6.07) is 8.38. The van der Waals surface area contributed by atoms with Gasteiger partial charge < -0.3 is 9.88 Å². The predicted octanol–water partition coefficient (Wildman–Crippen LogP) is 2.82. The van der Waals surface area contributed by atoms with Gasteiger partial charge in [-0.15, -0.1) is 10.2 Å². The number of rotatable bonds is 4. The Labute approximate surface area is 139 Å². The molecule has 0 aliphatic carbocycles. The molecule has 0 spiro atoms. The van der Waals surface area contributed by atoms with Crippen LogP contribution in [0.2, 0.25) is 0 Å². The number of carbonyl (C=O) groups excluding carboxylic acids is 1. The summed E-state index contributed by atoms with van der Waals surface area (Å²) in [7, 11) is 1.18. The third kappa shape index (κ3) is 3.86. The minimum Gasteiger partial charge on any atom is -0.324 e. The van der Waals surface area contributed by atoms with E-state index in [1.165, 1.54) is 14.0 Å². The zero-order valence-corrected chi connectivity index (χ0v) is 13.4. The third-order valence-corrected chi connectivity index (χ3v) is 4.18. The van der Waals surface area contributed by atoms with E-state index < -0.39 is 23.2 Å². The molecule has 0 radical (unpaired) electrons. The Balaban J connectivity index is 2.10. The molecule has 2 rings (SSSR count). The third-order valence-electron chi connectivity index (χ3n) is 3.05. The molecule has 0 aliphatic rings. The number of hydrogen-bond donors (Lipinski definition) is 1. The lowest BCUT2D eigenvalue weighted by molar-refractivity contribution is -0.147. The van der Waals surface area contributed by atoms with Crippen molar-refractivity contribution in [2.75, 3.05) is 5.32 Å². The molecule has 24 heavy (non-hydrogen) atoms. The largest absolute Gasteiger partial charge is 0.451 e. The fourth-order valence-electron chi connectivity index (χ4n) is 1.80. The number of amides is 1. The van der Waals surface area contributed by atoms with E-state index in [2.05, 4.69) is 15.5 Å². The van der Waals surface area contributed by atoms with E-state index in [9.17, 15) is 18.0 Å². The molecule has 1 aromatic heterocycles. The number of benzene rings is 1. The molecule has 1 amide bonds. The SMILES string of the molecule is C[C@@H](Sc1nnc(C(F)(F)F)n1C)C(=O)Nc1ccccc1C#N. The van der Waals surface area contributed by atoms with Crippen LogP contribution in [0.15, 0.2) is 29.4 Å². The number of nitrogens with zero attached hydrogens (tertiary/aromatic N) is 4. The van der Waals surface area contributed by atoms with Gasteiger partial charge in [-0.2, -0.15) is 18.4 Å². The molecule has 1 heterocycles. The second-order valence-electron chi connectivity index (χ2n) is 4.77. The van der Waals surface area contributed by atoms with E-state index in [-0.39, 0.29) is 5.16 Å². The maximum atomic E-state index is 12.7. The number of anilines is 1.